The summed E-state index contributed by atoms with van der Waals surface area (Å²) in [5, 5.41) is 23.4. The number of esters is 1. The molecule has 0 spiro atoms. The van der Waals surface area contributed by atoms with E-state index in [0.717, 1.165) is 44.9 Å². The molecule has 73 heavy (non-hydrogen) atoms. The first kappa shape index (κ1) is 71.6. The summed E-state index contributed by atoms with van der Waals surface area (Å²) in [5.74, 6) is -0.0243. The fourth-order valence-electron chi connectivity index (χ4n) is 10.7. The number of hydrogen-bond donors (Lipinski definition) is 3. The molecule has 434 valence electrons. The van der Waals surface area contributed by atoms with Crippen molar-refractivity contribution in [2.75, 3.05) is 13.2 Å². The number of nitrogens with one attached hydrogen (secondary N) is 1. The lowest BCUT2D eigenvalue weighted by Crippen LogP contribution is -2.45. The number of unbranched alkanes of at least 4 members (excludes halogenated alkanes) is 50. The van der Waals surface area contributed by atoms with Crippen molar-refractivity contribution in [3.63, 3.8) is 0 Å². The summed E-state index contributed by atoms with van der Waals surface area (Å²) in [6.07, 6.45) is 76.6. The van der Waals surface area contributed by atoms with Gasteiger partial charge in [-0.2, -0.15) is 0 Å². The third-order valence-electron chi connectivity index (χ3n) is 15.8. The van der Waals surface area contributed by atoms with E-state index in [2.05, 4.69) is 31.3 Å². The quantitative estimate of drug-likeness (QED) is 0.0320. The molecule has 0 rings (SSSR count). The van der Waals surface area contributed by atoms with Crippen molar-refractivity contribution in [3.05, 3.63) is 12.2 Å². The van der Waals surface area contributed by atoms with Crippen LogP contribution in [0.5, 0.6) is 0 Å². The highest BCUT2D eigenvalue weighted by atomic mass is 16.5. The van der Waals surface area contributed by atoms with Crippen LogP contribution < -0.4 is 5.32 Å². The van der Waals surface area contributed by atoms with E-state index < -0.39 is 12.1 Å². The molecule has 0 aromatic rings. The van der Waals surface area contributed by atoms with Gasteiger partial charge in [0.25, 0.3) is 0 Å². The predicted octanol–water partition coefficient (Wildman–Crippen LogP) is 21.2. The molecular formula is C67H131NO5. The number of carbonyl (C=O) groups is 2. The van der Waals surface area contributed by atoms with Gasteiger partial charge in [-0.25, -0.2) is 0 Å². The molecule has 0 bridgehead atoms. The van der Waals surface area contributed by atoms with E-state index >= 15 is 0 Å². The molecule has 1 amide bonds. The minimum absolute atomic E-state index is 0.00847. The lowest BCUT2D eigenvalue weighted by atomic mass is 10.0. The second-order valence-electron chi connectivity index (χ2n) is 23.2. The maximum atomic E-state index is 12.5. The van der Waals surface area contributed by atoms with Gasteiger partial charge < -0.3 is 20.3 Å². The summed E-state index contributed by atoms with van der Waals surface area (Å²) < 4.78 is 5.50. The summed E-state index contributed by atoms with van der Waals surface area (Å²) in [6.45, 7) is 4.98. The van der Waals surface area contributed by atoms with E-state index in [1.165, 1.54) is 302 Å². The van der Waals surface area contributed by atoms with Crippen LogP contribution in [-0.2, 0) is 14.3 Å². The molecule has 6 nitrogen and oxygen atoms in total. The second kappa shape index (κ2) is 63.1. The number of amides is 1. The van der Waals surface area contributed by atoms with Gasteiger partial charge >= 0.3 is 5.97 Å². The maximum Gasteiger partial charge on any atom is 0.305 e. The molecule has 0 aliphatic rings. The van der Waals surface area contributed by atoms with Crippen molar-refractivity contribution in [2.45, 2.75) is 392 Å². The maximum absolute atomic E-state index is 12.5. The highest BCUT2D eigenvalue weighted by molar-refractivity contribution is 5.76. The topological polar surface area (TPSA) is 95.9 Å². The first-order valence-corrected chi connectivity index (χ1v) is 33.4. The van der Waals surface area contributed by atoms with Crippen molar-refractivity contribution >= 4 is 11.9 Å². The van der Waals surface area contributed by atoms with Crippen LogP contribution in [0.25, 0.3) is 0 Å². The second-order valence-corrected chi connectivity index (χ2v) is 23.2. The molecule has 0 aliphatic carbocycles. The molecule has 0 radical (unpaired) electrons. The Morgan fingerprint density at radius 1 is 0.370 bits per heavy atom. The highest BCUT2D eigenvalue weighted by Gasteiger charge is 2.20. The average molecular weight is 1030 g/mol. The molecular weight excluding hydrogens is 899 g/mol. The van der Waals surface area contributed by atoms with E-state index in [4.69, 9.17) is 4.74 Å². The Morgan fingerprint density at radius 3 is 0.973 bits per heavy atom. The number of ether oxygens (including phenoxy) is 1. The van der Waals surface area contributed by atoms with Crippen LogP contribution in [0.1, 0.15) is 380 Å². The van der Waals surface area contributed by atoms with E-state index in [9.17, 15) is 19.8 Å². The summed E-state index contributed by atoms with van der Waals surface area (Å²) in [5.41, 5.74) is 0. The molecule has 0 aliphatic heterocycles. The molecule has 2 unspecified atom stereocenters. The Balaban J connectivity index is 3.38. The Kier molecular flexibility index (Phi) is 61.9. The van der Waals surface area contributed by atoms with E-state index in [1.54, 1.807) is 0 Å². The van der Waals surface area contributed by atoms with Gasteiger partial charge in [0.15, 0.2) is 0 Å². The van der Waals surface area contributed by atoms with Gasteiger partial charge in [-0.05, 0) is 51.4 Å². The highest BCUT2D eigenvalue weighted by Crippen LogP contribution is 2.19. The van der Waals surface area contributed by atoms with E-state index in [-0.39, 0.29) is 18.5 Å². The summed E-state index contributed by atoms with van der Waals surface area (Å²) >= 11 is 0. The van der Waals surface area contributed by atoms with Crippen LogP contribution in [-0.4, -0.2) is 47.4 Å². The summed E-state index contributed by atoms with van der Waals surface area (Å²) in [7, 11) is 0. The number of aliphatic hydroxyl groups excluding tert-OH is 2. The standard InChI is InChI=1S/C67H131NO5/c1-3-5-7-9-11-13-15-17-19-21-24-28-31-35-39-43-47-51-55-59-65(70)64(63-69)68-66(71)60-56-52-48-44-40-36-32-29-25-22-23-26-30-34-38-42-46-50-54-58-62-73-67(72)61-57-53-49-45-41-37-33-27-20-18-16-14-12-10-8-6-4-2/h18,20,64-65,69-70H,3-17,19,21-63H2,1-2H3,(H,68,71)/b20-18-. The van der Waals surface area contributed by atoms with Gasteiger partial charge in [0.1, 0.15) is 0 Å². The summed E-state index contributed by atoms with van der Waals surface area (Å²) in [6, 6.07) is -0.543. The number of aliphatic hydroxyl groups is 2. The number of hydrogen-bond acceptors (Lipinski definition) is 5. The predicted molar refractivity (Wildman–Crippen MR) is 320 cm³/mol. The third kappa shape index (κ3) is 59.7. The molecule has 0 aromatic carbocycles. The van der Waals surface area contributed by atoms with Crippen molar-refractivity contribution in [1.82, 2.24) is 5.32 Å². The van der Waals surface area contributed by atoms with Crippen LogP contribution in [0.2, 0.25) is 0 Å². The lowest BCUT2D eigenvalue weighted by molar-refractivity contribution is -0.143. The fraction of sp³-hybridized carbons (Fsp3) is 0.940. The molecule has 0 fully saturated rings. The van der Waals surface area contributed by atoms with Crippen LogP contribution in [0.3, 0.4) is 0 Å². The third-order valence-corrected chi connectivity index (χ3v) is 15.8. The van der Waals surface area contributed by atoms with Crippen LogP contribution >= 0.6 is 0 Å². The summed E-state index contributed by atoms with van der Waals surface area (Å²) in [4.78, 5) is 24.6. The number of allylic oxidation sites excluding steroid dienone is 2. The van der Waals surface area contributed by atoms with Crippen molar-refractivity contribution < 1.29 is 24.5 Å². The normalized spacial score (nSPS) is 12.5. The average Bonchev–Trinajstić information content (AvgIpc) is 3.39. The van der Waals surface area contributed by atoms with Gasteiger partial charge in [0, 0.05) is 12.8 Å². The number of rotatable bonds is 63. The van der Waals surface area contributed by atoms with E-state index in [0.29, 0.717) is 25.9 Å². The molecule has 0 saturated carbocycles. The zero-order chi connectivity index (χ0) is 52.9. The van der Waals surface area contributed by atoms with Crippen molar-refractivity contribution in [2.24, 2.45) is 0 Å². The Labute approximate surface area is 457 Å². The molecule has 6 heteroatoms. The minimum atomic E-state index is -0.666. The zero-order valence-electron chi connectivity index (χ0n) is 49.6. The largest absolute Gasteiger partial charge is 0.466 e. The lowest BCUT2D eigenvalue weighted by Gasteiger charge is -2.22. The van der Waals surface area contributed by atoms with Crippen molar-refractivity contribution in [1.29, 1.82) is 0 Å². The van der Waals surface area contributed by atoms with Crippen molar-refractivity contribution in [3.8, 4) is 0 Å². The molecule has 3 N–H and O–H groups in total. The Bertz CT molecular complexity index is 1100. The molecule has 0 heterocycles. The van der Waals surface area contributed by atoms with Gasteiger partial charge in [0.05, 0.1) is 25.4 Å². The minimum Gasteiger partial charge on any atom is -0.466 e. The smallest absolute Gasteiger partial charge is 0.305 e. The zero-order valence-corrected chi connectivity index (χ0v) is 49.6. The van der Waals surface area contributed by atoms with Crippen LogP contribution in [0.15, 0.2) is 12.2 Å². The molecule has 2 atom stereocenters. The molecule has 0 aromatic heterocycles. The van der Waals surface area contributed by atoms with Crippen LogP contribution in [0.4, 0.5) is 0 Å². The SMILES string of the molecule is CCCCCCCC/C=C\CCCCCCCCCC(=O)OCCCCCCCCCCCCCCCCCCCCCCC(=O)NC(CO)C(O)CCCCCCCCCCCCCCCCCCCCC. The fourth-order valence-corrected chi connectivity index (χ4v) is 10.7. The Hall–Kier alpha value is -1.40. The number of carbonyl (C=O) groups excluding carboxylic acids is 2. The van der Waals surface area contributed by atoms with Gasteiger partial charge in [-0.1, -0.05) is 328 Å². The Morgan fingerprint density at radius 2 is 0.644 bits per heavy atom. The van der Waals surface area contributed by atoms with Gasteiger partial charge in [-0.15, -0.1) is 0 Å². The van der Waals surface area contributed by atoms with Gasteiger partial charge in [-0.3, -0.25) is 9.59 Å². The van der Waals surface area contributed by atoms with Gasteiger partial charge in [0.2, 0.25) is 5.91 Å². The molecule has 0 saturated heterocycles. The first-order chi connectivity index (χ1) is 36.0. The first-order valence-electron chi connectivity index (χ1n) is 33.4. The van der Waals surface area contributed by atoms with Crippen LogP contribution in [0, 0.1) is 0 Å². The monoisotopic (exact) mass is 1030 g/mol. The van der Waals surface area contributed by atoms with E-state index in [1.807, 2.05) is 0 Å².